The summed E-state index contributed by atoms with van der Waals surface area (Å²) in [6.45, 7) is 4.51. The number of amides is 2. The predicted octanol–water partition coefficient (Wildman–Crippen LogP) is 1.58. The van der Waals surface area contributed by atoms with Crippen molar-refractivity contribution in [1.29, 1.82) is 0 Å². The fraction of sp³-hybridized carbons (Fsp3) is 0.429. The number of rotatable bonds is 5. The molecule has 0 saturated heterocycles. The zero-order valence-electron chi connectivity index (χ0n) is 10.8. The first-order valence-electron chi connectivity index (χ1n) is 6.03. The van der Waals surface area contributed by atoms with Crippen molar-refractivity contribution in [3.63, 3.8) is 0 Å². The number of aromatic nitrogens is 1. The van der Waals surface area contributed by atoms with Crippen LogP contribution in [-0.2, 0) is 6.42 Å². The zero-order valence-corrected chi connectivity index (χ0v) is 10.8. The van der Waals surface area contributed by atoms with Crippen LogP contribution in [0.3, 0.4) is 0 Å². The average Bonchev–Trinajstić information content (AvgIpc) is 2.37. The molecule has 0 radical (unpaired) electrons. The summed E-state index contributed by atoms with van der Waals surface area (Å²) in [6, 6.07) is 3.40. The molecule has 0 aliphatic heterocycles. The van der Waals surface area contributed by atoms with Crippen LogP contribution < -0.4 is 10.6 Å². The van der Waals surface area contributed by atoms with Crippen LogP contribution in [0.25, 0.3) is 0 Å². The Labute approximate surface area is 108 Å². The van der Waals surface area contributed by atoms with Gasteiger partial charge < -0.3 is 10.6 Å². The van der Waals surface area contributed by atoms with Crippen LogP contribution in [0.2, 0.25) is 0 Å². The lowest BCUT2D eigenvalue weighted by Gasteiger charge is -2.16. The lowest BCUT2D eigenvalue weighted by Crippen LogP contribution is -2.44. The first-order chi connectivity index (χ1) is 8.63. The number of nitrogens with zero attached hydrogens (tertiary/aromatic N) is 1. The van der Waals surface area contributed by atoms with Crippen LogP contribution in [0.1, 0.15) is 19.4 Å². The quantitative estimate of drug-likeness (QED) is 0.774. The van der Waals surface area contributed by atoms with Gasteiger partial charge in [-0.2, -0.15) is 0 Å². The summed E-state index contributed by atoms with van der Waals surface area (Å²) in [5, 5.41) is 5.53. The molecule has 1 aromatic heterocycles. The van der Waals surface area contributed by atoms with E-state index in [0.29, 0.717) is 6.54 Å². The maximum Gasteiger partial charge on any atom is 0.315 e. The molecule has 4 nitrogen and oxygen atoms in total. The summed E-state index contributed by atoms with van der Waals surface area (Å²) in [6.07, 6.45) is 9.61. The van der Waals surface area contributed by atoms with Gasteiger partial charge in [0.15, 0.2) is 0 Å². The Morgan fingerprint density at radius 2 is 2.33 bits per heavy atom. The third kappa shape index (κ3) is 4.88. The number of nitrogens with one attached hydrogen (secondary N) is 2. The van der Waals surface area contributed by atoms with Crippen molar-refractivity contribution >= 4 is 6.03 Å². The molecule has 0 unspecified atom stereocenters. The van der Waals surface area contributed by atoms with Gasteiger partial charge in [-0.1, -0.05) is 25.8 Å². The molecule has 1 heterocycles. The van der Waals surface area contributed by atoms with Gasteiger partial charge in [0.2, 0.25) is 0 Å². The van der Waals surface area contributed by atoms with Crippen molar-refractivity contribution < 1.29 is 4.79 Å². The van der Waals surface area contributed by atoms with E-state index in [0.717, 1.165) is 12.0 Å². The topological polar surface area (TPSA) is 54.0 Å². The summed E-state index contributed by atoms with van der Waals surface area (Å²) in [7, 11) is 0. The fourth-order valence-corrected chi connectivity index (χ4v) is 1.46. The minimum atomic E-state index is -0.233. The molecule has 2 N–H and O–H groups in total. The molecular weight excluding hydrogens is 226 g/mol. The van der Waals surface area contributed by atoms with E-state index in [1.165, 1.54) is 0 Å². The molecule has 1 aromatic rings. The molecule has 0 aromatic carbocycles. The average molecular weight is 245 g/mol. The number of urea groups is 1. The van der Waals surface area contributed by atoms with Gasteiger partial charge in [-0.05, 0) is 24.0 Å². The summed E-state index contributed by atoms with van der Waals surface area (Å²) >= 11 is 0. The molecule has 2 amide bonds. The van der Waals surface area contributed by atoms with Crippen LogP contribution in [0.4, 0.5) is 4.79 Å². The van der Waals surface area contributed by atoms with Crippen molar-refractivity contribution in [2.24, 2.45) is 5.92 Å². The van der Waals surface area contributed by atoms with Crippen molar-refractivity contribution in [1.82, 2.24) is 15.6 Å². The Bertz CT molecular complexity index is 409. The third-order valence-corrected chi connectivity index (χ3v) is 2.55. The Morgan fingerprint density at radius 3 is 2.89 bits per heavy atom. The molecule has 1 rings (SSSR count). The van der Waals surface area contributed by atoms with Crippen LogP contribution in [0.5, 0.6) is 0 Å². The molecule has 18 heavy (non-hydrogen) atoms. The Hall–Kier alpha value is -2.02. The SMILES string of the molecule is C#C[C@@H](NC(=O)NCCc1cccnc1)C(C)C. The number of hydrogen-bond donors (Lipinski definition) is 2. The second-order valence-corrected chi connectivity index (χ2v) is 4.40. The summed E-state index contributed by atoms with van der Waals surface area (Å²) in [5.74, 6) is 2.78. The second-order valence-electron chi connectivity index (χ2n) is 4.40. The minimum absolute atomic E-state index is 0.221. The first-order valence-corrected chi connectivity index (χ1v) is 6.03. The van der Waals surface area contributed by atoms with Crippen molar-refractivity contribution in [2.45, 2.75) is 26.3 Å². The number of carbonyl (C=O) groups excluding carboxylic acids is 1. The number of carbonyl (C=O) groups is 1. The number of pyridine rings is 1. The minimum Gasteiger partial charge on any atom is -0.338 e. The molecule has 0 spiro atoms. The van der Waals surface area contributed by atoms with Crippen molar-refractivity contribution in [2.75, 3.05) is 6.54 Å². The van der Waals surface area contributed by atoms with Gasteiger partial charge in [-0.15, -0.1) is 6.42 Å². The molecule has 0 aliphatic rings. The maximum atomic E-state index is 11.6. The standard InChI is InChI=1S/C14H19N3O/c1-4-13(11(2)3)17-14(18)16-9-7-12-6-5-8-15-10-12/h1,5-6,8,10-11,13H,7,9H2,2-3H3,(H2,16,17,18)/t13-/m1/s1. The van der Waals surface area contributed by atoms with E-state index in [1.54, 1.807) is 12.4 Å². The summed E-state index contributed by atoms with van der Waals surface area (Å²) in [4.78, 5) is 15.6. The van der Waals surface area contributed by atoms with Crippen LogP contribution in [-0.4, -0.2) is 23.6 Å². The van der Waals surface area contributed by atoms with E-state index in [9.17, 15) is 4.79 Å². The molecular formula is C14H19N3O. The summed E-state index contributed by atoms with van der Waals surface area (Å²) < 4.78 is 0. The largest absolute Gasteiger partial charge is 0.338 e. The van der Waals surface area contributed by atoms with E-state index < -0.39 is 0 Å². The smallest absolute Gasteiger partial charge is 0.315 e. The number of terminal acetylenes is 1. The molecule has 0 bridgehead atoms. The molecule has 0 aliphatic carbocycles. The second kappa shape index (κ2) is 7.33. The normalized spacial score (nSPS) is 11.7. The highest BCUT2D eigenvalue weighted by Crippen LogP contribution is 1.99. The van der Waals surface area contributed by atoms with Crippen LogP contribution >= 0.6 is 0 Å². The Kier molecular flexibility index (Phi) is 5.72. The van der Waals surface area contributed by atoms with Gasteiger partial charge in [0.1, 0.15) is 0 Å². The van der Waals surface area contributed by atoms with Crippen LogP contribution in [0.15, 0.2) is 24.5 Å². The Morgan fingerprint density at radius 1 is 1.56 bits per heavy atom. The van der Waals surface area contributed by atoms with Crippen LogP contribution in [0, 0.1) is 18.3 Å². The van der Waals surface area contributed by atoms with Gasteiger partial charge in [0.05, 0.1) is 6.04 Å². The fourth-order valence-electron chi connectivity index (χ4n) is 1.46. The van der Waals surface area contributed by atoms with Gasteiger partial charge in [0.25, 0.3) is 0 Å². The molecule has 4 heteroatoms. The lowest BCUT2D eigenvalue weighted by atomic mass is 10.1. The number of hydrogen-bond acceptors (Lipinski definition) is 2. The highest BCUT2D eigenvalue weighted by molar-refractivity contribution is 5.74. The highest BCUT2D eigenvalue weighted by Gasteiger charge is 2.12. The highest BCUT2D eigenvalue weighted by atomic mass is 16.2. The van der Waals surface area contributed by atoms with E-state index in [1.807, 2.05) is 26.0 Å². The molecule has 0 fully saturated rings. The first kappa shape index (κ1) is 14.0. The molecule has 96 valence electrons. The van der Waals surface area contributed by atoms with E-state index in [4.69, 9.17) is 6.42 Å². The van der Waals surface area contributed by atoms with E-state index in [-0.39, 0.29) is 18.0 Å². The third-order valence-electron chi connectivity index (χ3n) is 2.55. The maximum absolute atomic E-state index is 11.6. The zero-order chi connectivity index (χ0) is 13.4. The Balaban J connectivity index is 2.28. The van der Waals surface area contributed by atoms with E-state index >= 15 is 0 Å². The van der Waals surface area contributed by atoms with Gasteiger partial charge in [-0.3, -0.25) is 4.98 Å². The molecule has 1 atom stereocenters. The van der Waals surface area contributed by atoms with Crippen molar-refractivity contribution in [3.05, 3.63) is 30.1 Å². The van der Waals surface area contributed by atoms with Gasteiger partial charge in [-0.25, -0.2) is 4.79 Å². The predicted molar refractivity (Wildman–Crippen MR) is 71.9 cm³/mol. The lowest BCUT2D eigenvalue weighted by molar-refractivity contribution is 0.237. The monoisotopic (exact) mass is 245 g/mol. The van der Waals surface area contributed by atoms with Gasteiger partial charge >= 0.3 is 6.03 Å². The van der Waals surface area contributed by atoms with E-state index in [2.05, 4.69) is 21.5 Å². The molecule has 0 saturated carbocycles. The summed E-state index contributed by atoms with van der Waals surface area (Å²) in [5.41, 5.74) is 1.09. The van der Waals surface area contributed by atoms with Gasteiger partial charge in [0, 0.05) is 18.9 Å². The van der Waals surface area contributed by atoms with Crippen molar-refractivity contribution in [3.8, 4) is 12.3 Å².